The molecule has 1 aliphatic carbocycles. The Labute approximate surface area is 84.0 Å². The molecule has 1 fully saturated rings. The van der Waals surface area contributed by atoms with E-state index < -0.39 is 6.09 Å². The van der Waals surface area contributed by atoms with Gasteiger partial charge in [0.1, 0.15) is 6.29 Å². The molecule has 0 aromatic heterocycles. The van der Waals surface area contributed by atoms with E-state index >= 15 is 0 Å². The minimum atomic E-state index is -0.411. The fraction of sp³-hybridized carbons (Fsp3) is 0.778. The molecule has 5 heteroatoms. The number of carbonyl (C=O) groups excluding carboxylic acids is 2. The van der Waals surface area contributed by atoms with E-state index in [9.17, 15) is 9.59 Å². The minimum absolute atomic E-state index is 0.118. The van der Waals surface area contributed by atoms with Gasteiger partial charge in [-0.25, -0.2) is 4.79 Å². The van der Waals surface area contributed by atoms with Crippen molar-refractivity contribution in [3.63, 3.8) is 0 Å². The Kier molecular flexibility index (Phi) is 6.74. The highest BCUT2D eigenvalue weighted by atomic mass is 16.5. The third-order valence-corrected chi connectivity index (χ3v) is 2.17. The fourth-order valence-electron chi connectivity index (χ4n) is 1.50. The monoisotopic (exact) mass is 202 g/mol. The van der Waals surface area contributed by atoms with Crippen LogP contribution in [0.3, 0.4) is 0 Å². The molecule has 1 saturated carbocycles. The molecule has 0 bridgehead atoms. The summed E-state index contributed by atoms with van der Waals surface area (Å²) in [7, 11) is 2.83. The summed E-state index contributed by atoms with van der Waals surface area (Å²) >= 11 is 0. The molecular weight excluding hydrogens is 184 g/mol. The summed E-state index contributed by atoms with van der Waals surface area (Å²) in [5, 5.41) is 2.67. The zero-order valence-electron chi connectivity index (χ0n) is 8.66. The molecule has 1 rings (SSSR count). The standard InChI is InChI=1S/C8H13NO3.CH5N/c1-12-8(11)9-7-3-2-6(4-7)5-10;1-2/h5-7H,2-4H2,1H3,(H,9,11);2H2,1H3. The Morgan fingerprint density at radius 3 is 2.57 bits per heavy atom. The quantitative estimate of drug-likeness (QED) is 0.630. The molecule has 14 heavy (non-hydrogen) atoms. The molecule has 0 radical (unpaired) electrons. The summed E-state index contributed by atoms with van der Waals surface area (Å²) < 4.78 is 4.44. The Bertz CT molecular complexity index is 185. The van der Waals surface area contributed by atoms with Crippen molar-refractivity contribution < 1.29 is 14.3 Å². The summed E-state index contributed by atoms with van der Waals surface area (Å²) in [6.45, 7) is 0. The van der Waals surface area contributed by atoms with Gasteiger partial charge >= 0.3 is 6.09 Å². The van der Waals surface area contributed by atoms with Crippen LogP contribution in [-0.2, 0) is 9.53 Å². The molecule has 5 nitrogen and oxygen atoms in total. The van der Waals surface area contributed by atoms with Crippen LogP contribution in [0.25, 0.3) is 0 Å². The maximum atomic E-state index is 10.7. The van der Waals surface area contributed by atoms with E-state index in [4.69, 9.17) is 0 Å². The second kappa shape index (κ2) is 7.32. The largest absolute Gasteiger partial charge is 0.453 e. The average molecular weight is 202 g/mol. The highest BCUT2D eigenvalue weighted by Gasteiger charge is 2.25. The highest BCUT2D eigenvalue weighted by Crippen LogP contribution is 2.23. The van der Waals surface area contributed by atoms with Crippen LogP contribution in [0, 0.1) is 5.92 Å². The topological polar surface area (TPSA) is 81.4 Å². The van der Waals surface area contributed by atoms with Gasteiger partial charge in [0.2, 0.25) is 0 Å². The summed E-state index contributed by atoms with van der Waals surface area (Å²) in [6.07, 6.45) is 3.04. The molecule has 2 unspecified atom stereocenters. The van der Waals surface area contributed by atoms with E-state index in [2.05, 4.69) is 15.8 Å². The van der Waals surface area contributed by atoms with Gasteiger partial charge in [0.25, 0.3) is 0 Å². The summed E-state index contributed by atoms with van der Waals surface area (Å²) in [6, 6.07) is 0.118. The lowest BCUT2D eigenvalue weighted by atomic mass is 10.1. The molecule has 0 saturated heterocycles. The number of hydrogen-bond donors (Lipinski definition) is 2. The van der Waals surface area contributed by atoms with Crippen LogP contribution in [0.1, 0.15) is 19.3 Å². The number of hydrogen-bond acceptors (Lipinski definition) is 4. The SMILES string of the molecule is CN.COC(=O)NC1CCC(C=O)C1. The van der Waals surface area contributed by atoms with E-state index in [1.54, 1.807) is 0 Å². The van der Waals surface area contributed by atoms with Crippen LogP contribution in [0.15, 0.2) is 0 Å². The van der Waals surface area contributed by atoms with Gasteiger partial charge in [0.15, 0.2) is 0 Å². The molecule has 2 atom stereocenters. The Morgan fingerprint density at radius 2 is 2.14 bits per heavy atom. The van der Waals surface area contributed by atoms with Crippen LogP contribution >= 0.6 is 0 Å². The maximum Gasteiger partial charge on any atom is 0.407 e. The van der Waals surface area contributed by atoms with Crippen LogP contribution in [0.5, 0.6) is 0 Å². The van der Waals surface area contributed by atoms with Crippen molar-refractivity contribution in [2.45, 2.75) is 25.3 Å². The summed E-state index contributed by atoms with van der Waals surface area (Å²) in [5.74, 6) is 0.118. The van der Waals surface area contributed by atoms with Crippen molar-refractivity contribution in [3.8, 4) is 0 Å². The first-order valence-electron chi connectivity index (χ1n) is 4.63. The number of aldehydes is 1. The van der Waals surface area contributed by atoms with Crippen molar-refractivity contribution in [3.05, 3.63) is 0 Å². The van der Waals surface area contributed by atoms with Crippen LogP contribution in [0.4, 0.5) is 4.79 Å². The van der Waals surface area contributed by atoms with Gasteiger partial charge in [0.05, 0.1) is 7.11 Å². The van der Waals surface area contributed by atoms with Crippen LogP contribution < -0.4 is 11.1 Å². The number of carbonyl (C=O) groups is 2. The zero-order valence-corrected chi connectivity index (χ0v) is 8.66. The number of rotatable bonds is 2. The van der Waals surface area contributed by atoms with Crippen molar-refractivity contribution in [1.82, 2.24) is 5.32 Å². The second-order valence-electron chi connectivity index (χ2n) is 3.04. The molecule has 3 N–H and O–H groups in total. The Morgan fingerprint density at radius 1 is 1.50 bits per heavy atom. The van der Waals surface area contributed by atoms with Crippen molar-refractivity contribution in [1.29, 1.82) is 0 Å². The Hall–Kier alpha value is -1.10. The second-order valence-corrected chi connectivity index (χ2v) is 3.04. The molecule has 0 aromatic carbocycles. The molecule has 0 aliphatic heterocycles. The first-order valence-corrected chi connectivity index (χ1v) is 4.63. The predicted octanol–water partition coefficient (Wildman–Crippen LogP) is 0.285. The van der Waals surface area contributed by atoms with Gasteiger partial charge in [-0.1, -0.05) is 0 Å². The average Bonchev–Trinajstić information content (AvgIpc) is 2.68. The van der Waals surface area contributed by atoms with Gasteiger partial charge in [0, 0.05) is 12.0 Å². The van der Waals surface area contributed by atoms with Crippen LogP contribution in [0.2, 0.25) is 0 Å². The van der Waals surface area contributed by atoms with Crippen molar-refractivity contribution >= 4 is 12.4 Å². The van der Waals surface area contributed by atoms with Crippen molar-refractivity contribution in [2.24, 2.45) is 11.7 Å². The van der Waals surface area contributed by atoms with Gasteiger partial charge in [-0.3, -0.25) is 0 Å². The molecule has 0 aromatic rings. The van der Waals surface area contributed by atoms with Crippen molar-refractivity contribution in [2.75, 3.05) is 14.2 Å². The number of alkyl carbamates (subject to hydrolysis) is 1. The molecule has 1 amide bonds. The molecule has 0 spiro atoms. The van der Waals surface area contributed by atoms with E-state index in [0.29, 0.717) is 0 Å². The number of methoxy groups -OCH3 is 1. The highest BCUT2D eigenvalue weighted by molar-refractivity contribution is 5.67. The normalized spacial score (nSPS) is 24.5. The summed E-state index contributed by atoms with van der Waals surface area (Å²) in [5.41, 5.74) is 4.50. The Balaban J connectivity index is 0.000000791. The fourth-order valence-corrected chi connectivity index (χ4v) is 1.50. The van der Waals surface area contributed by atoms with E-state index in [0.717, 1.165) is 25.5 Å². The number of nitrogens with one attached hydrogen (secondary N) is 1. The van der Waals surface area contributed by atoms with Gasteiger partial charge in [-0.2, -0.15) is 0 Å². The van der Waals surface area contributed by atoms with E-state index in [1.165, 1.54) is 14.2 Å². The molecule has 82 valence electrons. The zero-order chi connectivity index (χ0) is 11.0. The smallest absolute Gasteiger partial charge is 0.407 e. The number of amides is 1. The number of ether oxygens (including phenoxy) is 1. The van der Waals surface area contributed by atoms with E-state index in [-0.39, 0.29) is 12.0 Å². The predicted molar refractivity (Wildman–Crippen MR) is 52.8 cm³/mol. The lowest BCUT2D eigenvalue weighted by Crippen LogP contribution is -2.32. The summed E-state index contributed by atoms with van der Waals surface area (Å²) in [4.78, 5) is 21.1. The van der Waals surface area contributed by atoms with Gasteiger partial charge in [-0.05, 0) is 26.3 Å². The lowest BCUT2D eigenvalue weighted by molar-refractivity contribution is -0.110. The van der Waals surface area contributed by atoms with E-state index in [1.807, 2.05) is 0 Å². The third-order valence-electron chi connectivity index (χ3n) is 2.17. The third kappa shape index (κ3) is 4.23. The minimum Gasteiger partial charge on any atom is -0.453 e. The molecule has 1 aliphatic rings. The first kappa shape index (κ1) is 12.9. The van der Waals surface area contributed by atoms with Gasteiger partial charge in [-0.15, -0.1) is 0 Å². The molecular formula is C9H18N2O3. The first-order chi connectivity index (χ1) is 6.76. The maximum absolute atomic E-state index is 10.7. The van der Waals surface area contributed by atoms with Gasteiger partial charge < -0.3 is 20.6 Å². The molecule has 0 heterocycles. The number of nitrogens with two attached hydrogens (primary N) is 1. The van der Waals surface area contributed by atoms with Crippen LogP contribution in [-0.4, -0.2) is 32.6 Å². The lowest BCUT2D eigenvalue weighted by Gasteiger charge is -2.09.